The zero-order valence-electron chi connectivity index (χ0n) is 11.9. The Hall–Kier alpha value is -1.86. The second kappa shape index (κ2) is 5.98. The molecule has 0 saturated heterocycles. The highest BCUT2D eigenvalue weighted by molar-refractivity contribution is 7.13. The van der Waals surface area contributed by atoms with E-state index in [0.29, 0.717) is 5.13 Å². The molecule has 1 aliphatic carbocycles. The maximum atomic E-state index is 12.7. The van der Waals surface area contributed by atoms with Crippen molar-refractivity contribution in [3.8, 4) is 0 Å². The van der Waals surface area contributed by atoms with Gasteiger partial charge in [-0.25, -0.2) is 9.97 Å². The molecule has 3 rings (SSSR count). The average molecular weight is 358 g/mol. The zero-order valence-corrected chi connectivity index (χ0v) is 13.4. The number of hydrogen-bond donors (Lipinski definition) is 1. The third kappa shape index (κ3) is 3.56. The quantitative estimate of drug-likeness (QED) is 0.793. The van der Waals surface area contributed by atoms with E-state index in [1.54, 1.807) is 0 Å². The van der Waals surface area contributed by atoms with Crippen LogP contribution in [-0.4, -0.2) is 9.97 Å². The second-order valence-electron chi connectivity index (χ2n) is 5.01. The van der Waals surface area contributed by atoms with E-state index in [9.17, 15) is 13.2 Å². The summed E-state index contributed by atoms with van der Waals surface area (Å²) in [6.07, 6.45) is -0.644. The molecule has 2 heterocycles. The van der Waals surface area contributed by atoms with Crippen LogP contribution < -0.4 is 5.32 Å². The maximum Gasteiger partial charge on any atom is 0.433 e. The molecule has 0 amide bonds. The largest absolute Gasteiger partial charge is 0.433 e. The maximum absolute atomic E-state index is 12.7. The number of hydrogen-bond acceptors (Lipinski definition) is 4. The van der Waals surface area contributed by atoms with Crippen LogP contribution in [-0.2, 0) is 6.18 Å². The van der Waals surface area contributed by atoms with Crippen LogP contribution in [0.1, 0.15) is 18.3 Å². The second-order valence-corrected chi connectivity index (χ2v) is 6.30. The normalized spacial score (nSPS) is 17.9. The number of aromatic nitrogens is 2. The van der Waals surface area contributed by atoms with Crippen molar-refractivity contribution in [2.24, 2.45) is 5.92 Å². The zero-order chi connectivity index (χ0) is 16.6. The van der Waals surface area contributed by atoms with Crippen molar-refractivity contribution in [1.29, 1.82) is 0 Å². The SMILES string of the molecule is CC1C=C(c2csc(Nc3cccc(C(F)(F)F)n3)n2)C=C1Cl. The standard InChI is InChI=1S/C15H11ClF3N3S/c1-8-5-9(6-10(8)16)11-7-23-14(20-11)22-13-4-2-3-12(21-13)15(17,18)19/h2-8H,1H3,(H,20,21,22). The molecule has 0 saturated carbocycles. The molecule has 0 aromatic carbocycles. The molecule has 2 aromatic heterocycles. The van der Waals surface area contributed by atoms with Gasteiger partial charge in [-0.05, 0) is 23.8 Å². The van der Waals surface area contributed by atoms with Crippen molar-refractivity contribution in [1.82, 2.24) is 9.97 Å². The van der Waals surface area contributed by atoms with Crippen molar-refractivity contribution in [2.45, 2.75) is 13.1 Å². The van der Waals surface area contributed by atoms with Gasteiger partial charge in [-0.2, -0.15) is 13.2 Å². The predicted octanol–water partition coefficient (Wildman–Crippen LogP) is 5.46. The third-order valence-corrected chi connectivity index (χ3v) is 4.44. The molecule has 1 N–H and O–H groups in total. The molecular formula is C15H11ClF3N3S. The van der Waals surface area contributed by atoms with Crippen molar-refractivity contribution >= 4 is 39.5 Å². The fourth-order valence-corrected chi connectivity index (χ4v) is 2.98. The molecule has 120 valence electrons. The summed E-state index contributed by atoms with van der Waals surface area (Å²) in [5, 5.41) is 5.83. The summed E-state index contributed by atoms with van der Waals surface area (Å²) >= 11 is 7.35. The van der Waals surface area contributed by atoms with Crippen LogP contribution in [0.4, 0.5) is 24.1 Å². The van der Waals surface area contributed by atoms with Gasteiger partial charge in [0.25, 0.3) is 0 Å². The molecule has 2 aromatic rings. The molecule has 0 spiro atoms. The fraction of sp³-hybridized carbons (Fsp3) is 0.200. The summed E-state index contributed by atoms with van der Waals surface area (Å²) in [6.45, 7) is 1.98. The number of allylic oxidation sites excluding steroid dienone is 4. The summed E-state index contributed by atoms with van der Waals surface area (Å²) in [4.78, 5) is 7.92. The monoisotopic (exact) mass is 357 g/mol. The van der Waals surface area contributed by atoms with Crippen molar-refractivity contribution in [3.63, 3.8) is 0 Å². The summed E-state index contributed by atoms with van der Waals surface area (Å²) in [7, 11) is 0. The average Bonchev–Trinajstić information content (AvgIpc) is 3.06. The van der Waals surface area contributed by atoms with Gasteiger partial charge in [0.15, 0.2) is 5.13 Å². The minimum Gasteiger partial charge on any atom is -0.316 e. The number of nitrogens with zero attached hydrogens (tertiary/aromatic N) is 2. The smallest absolute Gasteiger partial charge is 0.316 e. The Morgan fingerprint density at radius 1 is 1.26 bits per heavy atom. The Balaban J connectivity index is 1.79. The predicted molar refractivity (Wildman–Crippen MR) is 85.7 cm³/mol. The lowest BCUT2D eigenvalue weighted by Gasteiger charge is -2.07. The number of halogens is 4. The highest BCUT2D eigenvalue weighted by atomic mass is 35.5. The Morgan fingerprint density at radius 3 is 2.70 bits per heavy atom. The van der Waals surface area contributed by atoms with Crippen molar-refractivity contribution < 1.29 is 13.2 Å². The first-order valence-electron chi connectivity index (χ1n) is 6.69. The summed E-state index contributed by atoms with van der Waals surface area (Å²) in [6, 6.07) is 3.69. The van der Waals surface area contributed by atoms with Crippen molar-refractivity contribution in [3.05, 3.63) is 52.2 Å². The third-order valence-electron chi connectivity index (χ3n) is 3.23. The van der Waals surface area contributed by atoms with E-state index in [0.717, 1.165) is 22.4 Å². The highest BCUT2D eigenvalue weighted by Crippen LogP contribution is 2.34. The van der Waals surface area contributed by atoms with E-state index in [1.807, 2.05) is 24.5 Å². The summed E-state index contributed by atoms with van der Waals surface area (Å²) < 4.78 is 38.0. The van der Waals surface area contributed by atoms with E-state index < -0.39 is 11.9 Å². The van der Waals surface area contributed by atoms with E-state index in [4.69, 9.17) is 11.6 Å². The number of nitrogens with one attached hydrogen (secondary N) is 1. The first-order valence-corrected chi connectivity index (χ1v) is 7.95. The molecule has 0 radical (unpaired) electrons. The van der Waals surface area contributed by atoms with Gasteiger partial charge in [0.05, 0.1) is 5.69 Å². The van der Waals surface area contributed by atoms with Gasteiger partial charge in [0.1, 0.15) is 11.5 Å². The van der Waals surface area contributed by atoms with E-state index >= 15 is 0 Å². The van der Waals surface area contributed by atoms with Gasteiger partial charge < -0.3 is 5.32 Å². The number of rotatable bonds is 3. The van der Waals surface area contributed by atoms with Crippen LogP contribution in [0.2, 0.25) is 0 Å². The minimum absolute atomic E-state index is 0.100. The first kappa shape index (κ1) is 16.0. The molecular weight excluding hydrogens is 347 g/mol. The van der Waals surface area contributed by atoms with Crippen LogP contribution in [0.5, 0.6) is 0 Å². The van der Waals surface area contributed by atoms with E-state index in [1.165, 1.54) is 23.5 Å². The van der Waals surface area contributed by atoms with Gasteiger partial charge in [0.2, 0.25) is 0 Å². The molecule has 1 atom stereocenters. The Morgan fingerprint density at radius 2 is 2.04 bits per heavy atom. The van der Waals surface area contributed by atoms with E-state index in [2.05, 4.69) is 15.3 Å². The molecule has 8 heteroatoms. The minimum atomic E-state index is -4.47. The van der Waals surface area contributed by atoms with E-state index in [-0.39, 0.29) is 11.7 Å². The molecule has 0 fully saturated rings. The highest BCUT2D eigenvalue weighted by Gasteiger charge is 2.32. The van der Waals surface area contributed by atoms with Crippen LogP contribution in [0.15, 0.2) is 40.8 Å². The van der Waals surface area contributed by atoms with Crippen LogP contribution in [0.3, 0.4) is 0 Å². The van der Waals surface area contributed by atoms with Gasteiger partial charge >= 0.3 is 6.18 Å². The number of thiazole rings is 1. The fourth-order valence-electron chi connectivity index (χ4n) is 2.07. The molecule has 1 aliphatic rings. The number of anilines is 2. The first-order chi connectivity index (χ1) is 10.8. The Bertz CT molecular complexity index is 795. The Kier molecular flexibility index (Phi) is 4.16. The molecule has 0 bridgehead atoms. The molecule has 1 unspecified atom stereocenters. The van der Waals surface area contributed by atoms with Crippen LogP contribution in [0.25, 0.3) is 5.57 Å². The van der Waals surface area contributed by atoms with Crippen molar-refractivity contribution in [2.75, 3.05) is 5.32 Å². The lowest BCUT2D eigenvalue weighted by Crippen LogP contribution is -2.08. The van der Waals surface area contributed by atoms with Gasteiger partial charge in [0, 0.05) is 16.3 Å². The lowest BCUT2D eigenvalue weighted by atomic mass is 10.2. The van der Waals surface area contributed by atoms with Gasteiger partial charge in [-0.1, -0.05) is 30.7 Å². The molecule has 23 heavy (non-hydrogen) atoms. The lowest BCUT2D eigenvalue weighted by molar-refractivity contribution is -0.141. The summed E-state index contributed by atoms with van der Waals surface area (Å²) in [5.74, 6) is 0.248. The summed E-state index contributed by atoms with van der Waals surface area (Å²) in [5.41, 5.74) is 0.692. The van der Waals surface area contributed by atoms with Gasteiger partial charge in [-0.3, -0.25) is 0 Å². The Labute approximate surface area is 139 Å². The number of pyridine rings is 1. The topological polar surface area (TPSA) is 37.8 Å². The number of alkyl halides is 3. The molecule has 0 aliphatic heterocycles. The van der Waals surface area contributed by atoms with Crippen LogP contribution >= 0.6 is 22.9 Å². The van der Waals surface area contributed by atoms with Gasteiger partial charge in [-0.15, -0.1) is 11.3 Å². The molecule has 3 nitrogen and oxygen atoms in total. The van der Waals surface area contributed by atoms with Crippen LogP contribution in [0, 0.1) is 5.92 Å².